The number of aryl methyl sites for hydroxylation is 1. The second-order valence-electron chi connectivity index (χ2n) is 5.10. The van der Waals surface area contributed by atoms with Crippen LogP contribution < -0.4 is 0 Å². The van der Waals surface area contributed by atoms with Crippen molar-refractivity contribution >= 4 is 16.6 Å². The normalized spacial score (nSPS) is 18.5. The van der Waals surface area contributed by atoms with Crippen molar-refractivity contribution in [2.45, 2.75) is 43.9 Å². The van der Waals surface area contributed by atoms with Crippen molar-refractivity contribution in [3.05, 3.63) is 29.8 Å². The molecule has 0 bridgehead atoms. The third-order valence-corrected chi connectivity index (χ3v) is 4.96. The molecular weight excluding hydrogens is 244 g/mol. The van der Waals surface area contributed by atoms with Gasteiger partial charge in [0.25, 0.3) is 0 Å². The Morgan fingerprint density at radius 1 is 1.17 bits per heavy atom. The van der Waals surface area contributed by atoms with Crippen molar-refractivity contribution < 1.29 is 9.00 Å². The number of benzene rings is 1. The molecule has 2 nitrogen and oxygen atoms in total. The van der Waals surface area contributed by atoms with Crippen molar-refractivity contribution in [2.24, 2.45) is 5.92 Å². The molecule has 0 N–H and O–H groups in total. The molecule has 1 fully saturated rings. The summed E-state index contributed by atoms with van der Waals surface area (Å²) in [6.07, 6.45) is 5.51. The van der Waals surface area contributed by atoms with Gasteiger partial charge < -0.3 is 0 Å². The molecule has 0 unspecified atom stereocenters. The summed E-state index contributed by atoms with van der Waals surface area (Å²) in [6, 6.07) is 7.61. The maximum Gasteiger partial charge on any atom is 0.148 e. The van der Waals surface area contributed by atoms with Crippen LogP contribution in [0.2, 0.25) is 0 Å². The molecule has 1 aromatic rings. The summed E-state index contributed by atoms with van der Waals surface area (Å²) >= 11 is 0. The molecule has 0 saturated heterocycles. The van der Waals surface area contributed by atoms with Gasteiger partial charge in [-0.05, 0) is 31.9 Å². The molecule has 0 aromatic heterocycles. The van der Waals surface area contributed by atoms with Gasteiger partial charge in [-0.3, -0.25) is 9.00 Å². The van der Waals surface area contributed by atoms with E-state index in [0.717, 1.165) is 36.1 Å². The summed E-state index contributed by atoms with van der Waals surface area (Å²) in [5, 5.41) is 0. The van der Waals surface area contributed by atoms with Crippen LogP contribution in [0.4, 0.5) is 0 Å². The molecule has 18 heavy (non-hydrogen) atoms. The topological polar surface area (TPSA) is 34.1 Å². The largest absolute Gasteiger partial charge is 0.298 e. The highest BCUT2D eigenvalue weighted by Gasteiger charge is 2.22. The van der Waals surface area contributed by atoms with Gasteiger partial charge in [0.2, 0.25) is 0 Å². The highest BCUT2D eigenvalue weighted by Crippen LogP contribution is 2.25. The van der Waals surface area contributed by atoms with Crippen LogP contribution in [-0.4, -0.2) is 15.7 Å². The molecular formula is C15H20O2S. The van der Waals surface area contributed by atoms with Crippen molar-refractivity contribution in [2.75, 3.05) is 5.75 Å². The van der Waals surface area contributed by atoms with Crippen LogP contribution in [0.25, 0.3) is 0 Å². The zero-order valence-electron chi connectivity index (χ0n) is 10.9. The molecule has 1 aliphatic rings. The molecule has 3 heteroatoms. The lowest BCUT2D eigenvalue weighted by molar-refractivity contribution is -0.121. The average Bonchev–Trinajstić information content (AvgIpc) is 2.40. The fourth-order valence-corrected chi connectivity index (χ4v) is 3.55. The first-order chi connectivity index (χ1) is 8.66. The first kappa shape index (κ1) is 13.5. The monoisotopic (exact) mass is 264 g/mol. The van der Waals surface area contributed by atoms with Crippen LogP contribution in [0.15, 0.2) is 29.2 Å². The predicted octanol–water partition coefficient (Wildman–Crippen LogP) is 3.25. The van der Waals surface area contributed by atoms with E-state index in [0.29, 0.717) is 0 Å². The molecule has 0 spiro atoms. The Labute approximate surface area is 111 Å². The van der Waals surface area contributed by atoms with Gasteiger partial charge in [-0.2, -0.15) is 0 Å². The third-order valence-electron chi connectivity index (χ3n) is 3.62. The second-order valence-corrected chi connectivity index (χ2v) is 6.56. The quantitative estimate of drug-likeness (QED) is 0.836. The van der Waals surface area contributed by atoms with Gasteiger partial charge in [0.1, 0.15) is 5.78 Å². The van der Waals surface area contributed by atoms with Crippen LogP contribution in [0, 0.1) is 12.8 Å². The summed E-state index contributed by atoms with van der Waals surface area (Å²) < 4.78 is 12.1. The van der Waals surface area contributed by atoms with E-state index in [4.69, 9.17) is 0 Å². The minimum Gasteiger partial charge on any atom is -0.298 e. The highest BCUT2D eigenvalue weighted by molar-refractivity contribution is 7.85. The van der Waals surface area contributed by atoms with Gasteiger partial charge in [0.05, 0.1) is 16.6 Å². The summed E-state index contributed by atoms with van der Waals surface area (Å²) in [7, 11) is -1.17. The first-order valence-electron chi connectivity index (χ1n) is 6.64. The van der Waals surface area contributed by atoms with Crippen LogP contribution in [0.3, 0.4) is 0 Å². The molecule has 0 amide bonds. The lowest BCUT2D eigenvalue weighted by Gasteiger charge is -2.19. The van der Waals surface area contributed by atoms with E-state index in [2.05, 4.69) is 0 Å². The molecule has 1 aliphatic carbocycles. The molecule has 0 radical (unpaired) electrons. The van der Waals surface area contributed by atoms with Crippen molar-refractivity contribution in [1.29, 1.82) is 0 Å². The van der Waals surface area contributed by atoms with Gasteiger partial charge in [-0.15, -0.1) is 0 Å². The Bertz CT molecular complexity index is 430. The van der Waals surface area contributed by atoms with Gasteiger partial charge >= 0.3 is 0 Å². The fraction of sp³-hybridized carbons (Fsp3) is 0.533. The molecule has 1 saturated carbocycles. The lowest BCUT2D eigenvalue weighted by atomic mass is 9.87. The Kier molecular flexibility index (Phi) is 4.70. The zero-order chi connectivity index (χ0) is 13.0. The lowest BCUT2D eigenvalue weighted by Crippen LogP contribution is -2.23. The molecule has 0 aliphatic heterocycles. The number of rotatable bonds is 4. The number of hydrogen-bond acceptors (Lipinski definition) is 2. The number of ketones is 1. The van der Waals surface area contributed by atoms with E-state index in [1.54, 1.807) is 0 Å². The van der Waals surface area contributed by atoms with Crippen molar-refractivity contribution in [3.63, 3.8) is 0 Å². The first-order valence-corrected chi connectivity index (χ1v) is 7.96. The van der Waals surface area contributed by atoms with E-state index in [1.807, 2.05) is 31.2 Å². The number of hydrogen-bond donors (Lipinski definition) is 0. The number of carbonyl (C=O) groups excluding carboxylic acids is 1. The predicted molar refractivity (Wildman–Crippen MR) is 74.0 cm³/mol. The van der Waals surface area contributed by atoms with Gasteiger partial charge in [0, 0.05) is 10.8 Å². The molecule has 1 atom stereocenters. The smallest absolute Gasteiger partial charge is 0.148 e. The van der Waals surface area contributed by atoms with E-state index in [-0.39, 0.29) is 17.5 Å². The van der Waals surface area contributed by atoms with Crippen molar-refractivity contribution in [1.82, 2.24) is 0 Å². The maximum absolute atomic E-state index is 12.1. The van der Waals surface area contributed by atoms with Crippen LogP contribution in [0.1, 0.15) is 37.7 Å². The standard InChI is InChI=1S/C15H20O2S/c1-12-7-9-14(10-8-12)18(17)11-15(16)13-5-3-2-4-6-13/h7-10,13H,2-6,11H2,1H3/t18-/m1/s1. The molecule has 2 rings (SSSR count). The van der Waals surface area contributed by atoms with E-state index >= 15 is 0 Å². The minimum atomic E-state index is -1.17. The Hall–Kier alpha value is -0.960. The summed E-state index contributed by atoms with van der Waals surface area (Å²) in [5.74, 6) is 0.537. The van der Waals surface area contributed by atoms with Gasteiger partial charge in [-0.25, -0.2) is 0 Å². The molecule has 0 heterocycles. The highest BCUT2D eigenvalue weighted by atomic mass is 32.2. The van der Waals surface area contributed by atoms with Crippen LogP contribution in [0.5, 0.6) is 0 Å². The van der Waals surface area contributed by atoms with Gasteiger partial charge in [-0.1, -0.05) is 37.0 Å². The minimum absolute atomic E-state index is 0.160. The summed E-state index contributed by atoms with van der Waals surface area (Å²) in [5.41, 5.74) is 1.15. The SMILES string of the molecule is Cc1ccc([S@](=O)CC(=O)C2CCCCC2)cc1. The summed E-state index contributed by atoms with van der Waals surface area (Å²) in [4.78, 5) is 12.8. The Balaban J connectivity index is 1.94. The van der Waals surface area contributed by atoms with Crippen molar-refractivity contribution in [3.8, 4) is 0 Å². The zero-order valence-corrected chi connectivity index (χ0v) is 11.7. The molecule has 1 aromatic carbocycles. The fourth-order valence-electron chi connectivity index (χ4n) is 2.45. The second kappa shape index (κ2) is 6.28. The van der Waals surface area contributed by atoms with Crippen LogP contribution >= 0.6 is 0 Å². The average molecular weight is 264 g/mol. The Morgan fingerprint density at radius 2 is 1.78 bits per heavy atom. The number of carbonyl (C=O) groups is 1. The Morgan fingerprint density at radius 3 is 2.39 bits per heavy atom. The van der Waals surface area contributed by atoms with E-state index < -0.39 is 10.8 Å². The van der Waals surface area contributed by atoms with Gasteiger partial charge in [0.15, 0.2) is 0 Å². The van der Waals surface area contributed by atoms with E-state index in [9.17, 15) is 9.00 Å². The van der Waals surface area contributed by atoms with Crippen LogP contribution in [-0.2, 0) is 15.6 Å². The maximum atomic E-state index is 12.1. The summed E-state index contributed by atoms with van der Waals surface area (Å²) in [6.45, 7) is 2.00. The van der Waals surface area contributed by atoms with E-state index in [1.165, 1.54) is 6.42 Å². The third kappa shape index (κ3) is 3.52. The molecule has 98 valence electrons. The number of Topliss-reactive ketones (excluding diaryl/α,β-unsaturated/α-hetero) is 1.